The van der Waals surface area contributed by atoms with Gasteiger partial charge in [0.1, 0.15) is 0 Å². The molecule has 0 saturated heterocycles. The highest BCUT2D eigenvalue weighted by atomic mass is 32.1. The van der Waals surface area contributed by atoms with Crippen LogP contribution in [0.15, 0.2) is 29.8 Å². The first-order valence-electron chi connectivity index (χ1n) is 4.96. The zero-order valence-electron chi connectivity index (χ0n) is 8.73. The van der Waals surface area contributed by atoms with Crippen molar-refractivity contribution in [3.05, 3.63) is 51.5 Å². The molecule has 0 aliphatic rings. The number of aryl methyl sites for hydroxylation is 1. The van der Waals surface area contributed by atoms with Crippen molar-refractivity contribution in [3.8, 4) is 0 Å². The number of nitrogens with zero attached hydrogens (tertiary/aromatic N) is 1. The van der Waals surface area contributed by atoms with Crippen LogP contribution in [0.3, 0.4) is 0 Å². The Bertz CT molecular complexity index is 435. The van der Waals surface area contributed by atoms with Crippen LogP contribution in [0, 0.1) is 6.92 Å². The molecular formula is C12H14N2S. The predicted octanol–water partition coefficient (Wildman–Crippen LogP) is 2.50. The van der Waals surface area contributed by atoms with Crippen LogP contribution in [0.25, 0.3) is 0 Å². The van der Waals surface area contributed by atoms with Crippen molar-refractivity contribution in [3.63, 3.8) is 0 Å². The van der Waals surface area contributed by atoms with E-state index < -0.39 is 0 Å². The Kier molecular flexibility index (Phi) is 3.14. The van der Waals surface area contributed by atoms with Gasteiger partial charge in [-0.05, 0) is 23.6 Å². The zero-order chi connectivity index (χ0) is 10.7. The number of thiazole rings is 1. The van der Waals surface area contributed by atoms with Crippen molar-refractivity contribution in [2.75, 3.05) is 0 Å². The van der Waals surface area contributed by atoms with E-state index in [-0.39, 0.29) is 0 Å². The van der Waals surface area contributed by atoms with Crippen LogP contribution in [-0.4, -0.2) is 4.98 Å². The molecule has 1 aromatic carbocycles. The van der Waals surface area contributed by atoms with Crippen molar-refractivity contribution < 1.29 is 0 Å². The Morgan fingerprint density at radius 1 is 1.40 bits per heavy atom. The van der Waals surface area contributed by atoms with Gasteiger partial charge in [-0.2, -0.15) is 0 Å². The van der Waals surface area contributed by atoms with E-state index in [1.807, 2.05) is 11.6 Å². The molecule has 0 radical (unpaired) electrons. The molecule has 2 aromatic rings. The van der Waals surface area contributed by atoms with E-state index in [0.717, 1.165) is 6.42 Å². The second-order valence-electron chi connectivity index (χ2n) is 3.57. The molecular weight excluding hydrogens is 204 g/mol. The number of rotatable bonds is 3. The maximum absolute atomic E-state index is 5.59. The van der Waals surface area contributed by atoms with E-state index in [1.54, 1.807) is 11.3 Å². The average molecular weight is 218 g/mol. The summed E-state index contributed by atoms with van der Waals surface area (Å²) in [6, 6.07) is 6.40. The van der Waals surface area contributed by atoms with Gasteiger partial charge < -0.3 is 5.73 Å². The minimum absolute atomic E-state index is 0.609. The van der Waals surface area contributed by atoms with Crippen LogP contribution in [0.4, 0.5) is 0 Å². The summed E-state index contributed by atoms with van der Waals surface area (Å²) in [5.41, 5.74) is 9.42. The fourth-order valence-corrected chi connectivity index (χ4v) is 2.23. The lowest BCUT2D eigenvalue weighted by molar-refractivity contribution is 1.05. The summed E-state index contributed by atoms with van der Waals surface area (Å²) < 4.78 is 0. The number of nitrogens with two attached hydrogens (primary N) is 1. The van der Waals surface area contributed by atoms with Gasteiger partial charge in [-0.15, -0.1) is 11.3 Å². The van der Waals surface area contributed by atoms with Crippen molar-refractivity contribution in [2.45, 2.75) is 19.9 Å². The van der Waals surface area contributed by atoms with Crippen molar-refractivity contribution in [2.24, 2.45) is 5.73 Å². The SMILES string of the molecule is Cc1cc(CN)ccc1Cc1nccs1. The van der Waals surface area contributed by atoms with Gasteiger partial charge in [-0.1, -0.05) is 18.2 Å². The summed E-state index contributed by atoms with van der Waals surface area (Å²) in [7, 11) is 0. The maximum atomic E-state index is 5.59. The third-order valence-electron chi connectivity index (χ3n) is 2.47. The molecule has 2 rings (SSSR count). The van der Waals surface area contributed by atoms with Gasteiger partial charge in [0, 0.05) is 24.5 Å². The summed E-state index contributed by atoms with van der Waals surface area (Å²) in [4.78, 5) is 4.29. The molecule has 2 nitrogen and oxygen atoms in total. The predicted molar refractivity (Wildman–Crippen MR) is 64.0 cm³/mol. The minimum Gasteiger partial charge on any atom is -0.326 e. The fraction of sp³-hybridized carbons (Fsp3) is 0.250. The molecule has 78 valence electrons. The minimum atomic E-state index is 0.609. The van der Waals surface area contributed by atoms with Crippen LogP contribution in [0.2, 0.25) is 0 Å². The van der Waals surface area contributed by atoms with E-state index in [9.17, 15) is 0 Å². The maximum Gasteiger partial charge on any atom is 0.0968 e. The monoisotopic (exact) mass is 218 g/mol. The largest absolute Gasteiger partial charge is 0.326 e. The molecule has 0 unspecified atom stereocenters. The standard InChI is InChI=1S/C12H14N2S/c1-9-6-10(8-13)2-3-11(9)7-12-14-4-5-15-12/h2-6H,7-8,13H2,1H3. The van der Waals surface area contributed by atoms with Gasteiger partial charge in [0.05, 0.1) is 5.01 Å². The van der Waals surface area contributed by atoms with Gasteiger partial charge >= 0.3 is 0 Å². The first kappa shape index (κ1) is 10.3. The Hall–Kier alpha value is -1.19. The van der Waals surface area contributed by atoms with Gasteiger partial charge in [0.25, 0.3) is 0 Å². The van der Waals surface area contributed by atoms with Crippen LogP contribution in [-0.2, 0) is 13.0 Å². The highest BCUT2D eigenvalue weighted by molar-refractivity contribution is 7.09. The lowest BCUT2D eigenvalue weighted by Gasteiger charge is -2.05. The Labute approximate surface area is 93.8 Å². The van der Waals surface area contributed by atoms with E-state index in [0.29, 0.717) is 6.54 Å². The number of benzene rings is 1. The van der Waals surface area contributed by atoms with Gasteiger partial charge in [-0.25, -0.2) is 4.98 Å². The molecule has 2 N–H and O–H groups in total. The van der Waals surface area contributed by atoms with Gasteiger partial charge in [-0.3, -0.25) is 0 Å². The van der Waals surface area contributed by atoms with Crippen LogP contribution < -0.4 is 5.73 Å². The summed E-state index contributed by atoms with van der Waals surface area (Å²) in [6.07, 6.45) is 2.78. The molecule has 0 aliphatic carbocycles. The molecule has 0 bridgehead atoms. The van der Waals surface area contributed by atoms with Gasteiger partial charge in [0.15, 0.2) is 0 Å². The summed E-state index contributed by atoms with van der Waals surface area (Å²) >= 11 is 1.70. The second kappa shape index (κ2) is 4.55. The fourth-order valence-electron chi connectivity index (χ4n) is 1.59. The number of hydrogen-bond donors (Lipinski definition) is 1. The highest BCUT2D eigenvalue weighted by Gasteiger charge is 2.02. The molecule has 0 aliphatic heterocycles. The van der Waals surface area contributed by atoms with Crippen molar-refractivity contribution >= 4 is 11.3 Å². The summed E-state index contributed by atoms with van der Waals surface area (Å²) in [5, 5.41) is 3.18. The molecule has 3 heteroatoms. The topological polar surface area (TPSA) is 38.9 Å². The second-order valence-corrected chi connectivity index (χ2v) is 4.55. The molecule has 0 spiro atoms. The molecule has 0 amide bonds. The molecule has 0 fully saturated rings. The lowest BCUT2D eigenvalue weighted by atomic mass is 10.0. The zero-order valence-corrected chi connectivity index (χ0v) is 9.55. The van der Waals surface area contributed by atoms with E-state index in [1.165, 1.54) is 21.7 Å². The number of hydrogen-bond acceptors (Lipinski definition) is 3. The van der Waals surface area contributed by atoms with Crippen molar-refractivity contribution in [1.82, 2.24) is 4.98 Å². The highest BCUT2D eigenvalue weighted by Crippen LogP contribution is 2.16. The Morgan fingerprint density at radius 3 is 2.87 bits per heavy atom. The third-order valence-corrected chi connectivity index (χ3v) is 3.25. The van der Waals surface area contributed by atoms with E-state index in [2.05, 4.69) is 30.1 Å². The first-order chi connectivity index (χ1) is 7.29. The van der Waals surface area contributed by atoms with Crippen LogP contribution in [0.5, 0.6) is 0 Å². The quantitative estimate of drug-likeness (QED) is 0.859. The van der Waals surface area contributed by atoms with Crippen molar-refractivity contribution in [1.29, 1.82) is 0 Å². The average Bonchev–Trinajstić information content (AvgIpc) is 2.74. The lowest BCUT2D eigenvalue weighted by Crippen LogP contribution is -1.98. The molecule has 1 heterocycles. The Morgan fingerprint density at radius 2 is 2.27 bits per heavy atom. The molecule has 15 heavy (non-hydrogen) atoms. The summed E-state index contributed by atoms with van der Waals surface area (Å²) in [6.45, 7) is 2.74. The normalized spacial score (nSPS) is 10.5. The van der Waals surface area contributed by atoms with E-state index in [4.69, 9.17) is 5.73 Å². The molecule has 1 aromatic heterocycles. The third kappa shape index (κ3) is 2.43. The number of aromatic nitrogens is 1. The smallest absolute Gasteiger partial charge is 0.0968 e. The van der Waals surface area contributed by atoms with E-state index >= 15 is 0 Å². The van der Waals surface area contributed by atoms with Gasteiger partial charge in [0.2, 0.25) is 0 Å². The molecule has 0 atom stereocenters. The van der Waals surface area contributed by atoms with Crippen LogP contribution in [0.1, 0.15) is 21.7 Å². The first-order valence-corrected chi connectivity index (χ1v) is 5.84. The summed E-state index contributed by atoms with van der Waals surface area (Å²) in [5.74, 6) is 0. The Balaban J connectivity index is 2.22. The van der Waals surface area contributed by atoms with Crippen LogP contribution >= 0.6 is 11.3 Å². The molecule has 0 saturated carbocycles.